The van der Waals surface area contributed by atoms with Crippen LogP contribution in [0.5, 0.6) is 0 Å². The fourth-order valence-corrected chi connectivity index (χ4v) is 2.56. The molecule has 0 aliphatic heterocycles. The van der Waals surface area contributed by atoms with Crippen molar-refractivity contribution >= 4 is 16.9 Å². The summed E-state index contributed by atoms with van der Waals surface area (Å²) in [4.78, 5) is 28.6. The van der Waals surface area contributed by atoms with Crippen molar-refractivity contribution in [1.29, 1.82) is 0 Å². The van der Waals surface area contributed by atoms with Crippen LogP contribution in [0.15, 0.2) is 70.1 Å². The molecule has 8 heteroatoms. The Morgan fingerprint density at radius 1 is 1.04 bits per heavy atom. The van der Waals surface area contributed by atoms with Gasteiger partial charge in [-0.3, -0.25) is 14.2 Å². The monoisotopic (exact) mass is 362 g/mol. The van der Waals surface area contributed by atoms with Gasteiger partial charge in [0.1, 0.15) is 6.54 Å². The Morgan fingerprint density at radius 2 is 1.81 bits per heavy atom. The first kappa shape index (κ1) is 16.6. The molecule has 0 N–H and O–H groups in total. The van der Waals surface area contributed by atoms with Crippen molar-refractivity contribution in [2.45, 2.75) is 13.2 Å². The Kier molecular flexibility index (Phi) is 4.44. The second-order valence-corrected chi connectivity index (χ2v) is 5.72. The van der Waals surface area contributed by atoms with E-state index in [1.807, 2.05) is 30.3 Å². The Labute approximate surface area is 153 Å². The fraction of sp³-hybridized carbons (Fsp3) is 0.105. The molecule has 27 heavy (non-hydrogen) atoms. The van der Waals surface area contributed by atoms with Crippen LogP contribution in [0.2, 0.25) is 0 Å². The number of esters is 1. The summed E-state index contributed by atoms with van der Waals surface area (Å²) in [7, 11) is 0. The van der Waals surface area contributed by atoms with Crippen molar-refractivity contribution in [3.63, 3.8) is 0 Å². The molecule has 0 aliphatic carbocycles. The number of carbonyl (C=O) groups is 1. The molecule has 0 spiro atoms. The minimum Gasteiger partial charge on any atom is -0.454 e. The quantitative estimate of drug-likeness (QED) is 0.502. The van der Waals surface area contributed by atoms with Crippen LogP contribution in [0.25, 0.3) is 22.4 Å². The van der Waals surface area contributed by atoms with E-state index in [2.05, 4.69) is 15.2 Å². The third-order valence-corrected chi connectivity index (χ3v) is 3.88. The van der Waals surface area contributed by atoms with Crippen LogP contribution in [0.3, 0.4) is 0 Å². The zero-order valence-electron chi connectivity index (χ0n) is 14.1. The molecular formula is C19H14N4O4. The number of hydrogen-bond acceptors (Lipinski definition) is 7. The van der Waals surface area contributed by atoms with E-state index in [1.165, 1.54) is 10.9 Å². The SMILES string of the molecule is O=C(Cn1cnc2ccccc2c1=O)OCc1nnc(-c2ccccc2)o1. The van der Waals surface area contributed by atoms with E-state index in [-0.39, 0.29) is 24.6 Å². The number of hydrogen-bond donors (Lipinski definition) is 0. The highest BCUT2D eigenvalue weighted by molar-refractivity contribution is 5.77. The zero-order valence-corrected chi connectivity index (χ0v) is 14.1. The molecule has 0 radical (unpaired) electrons. The molecule has 2 heterocycles. The second-order valence-electron chi connectivity index (χ2n) is 5.72. The van der Waals surface area contributed by atoms with Crippen LogP contribution >= 0.6 is 0 Å². The van der Waals surface area contributed by atoms with Gasteiger partial charge in [-0.2, -0.15) is 0 Å². The highest BCUT2D eigenvalue weighted by atomic mass is 16.5. The van der Waals surface area contributed by atoms with Gasteiger partial charge in [-0.15, -0.1) is 10.2 Å². The minimum atomic E-state index is -0.603. The Balaban J connectivity index is 1.41. The predicted octanol–water partition coefficient (Wildman–Crippen LogP) is 2.19. The number of aromatic nitrogens is 4. The summed E-state index contributed by atoms with van der Waals surface area (Å²) in [6.07, 6.45) is 1.33. The molecule has 0 aliphatic rings. The third kappa shape index (κ3) is 3.59. The molecule has 8 nitrogen and oxygen atoms in total. The van der Waals surface area contributed by atoms with Crippen LogP contribution in [0.1, 0.15) is 5.89 Å². The number of benzene rings is 2. The Hall–Kier alpha value is -3.81. The van der Waals surface area contributed by atoms with Crippen LogP contribution in [-0.4, -0.2) is 25.7 Å². The highest BCUT2D eigenvalue weighted by Crippen LogP contribution is 2.17. The molecular weight excluding hydrogens is 348 g/mol. The lowest BCUT2D eigenvalue weighted by Gasteiger charge is -2.06. The number of ether oxygens (including phenoxy) is 1. The van der Waals surface area contributed by atoms with Gasteiger partial charge in [0, 0.05) is 5.56 Å². The van der Waals surface area contributed by atoms with Crippen molar-refractivity contribution in [2.75, 3.05) is 0 Å². The van der Waals surface area contributed by atoms with Crippen molar-refractivity contribution in [2.24, 2.45) is 0 Å². The van der Waals surface area contributed by atoms with Crippen LogP contribution in [0, 0.1) is 0 Å². The number of para-hydroxylation sites is 1. The number of carbonyl (C=O) groups excluding carboxylic acids is 1. The first-order valence-electron chi connectivity index (χ1n) is 8.18. The maximum absolute atomic E-state index is 12.4. The van der Waals surface area contributed by atoms with Gasteiger partial charge in [-0.1, -0.05) is 30.3 Å². The lowest BCUT2D eigenvalue weighted by molar-refractivity contribution is -0.146. The molecule has 4 aromatic rings. The lowest BCUT2D eigenvalue weighted by Crippen LogP contribution is -2.25. The standard InChI is InChI=1S/C19H14N4O4/c24-17(10-23-12-20-15-9-5-4-8-14(15)19(23)25)26-11-16-21-22-18(27-16)13-6-2-1-3-7-13/h1-9,12H,10-11H2. The molecule has 2 aromatic carbocycles. The van der Waals surface area contributed by atoms with E-state index in [9.17, 15) is 9.59 Å². The molecule has 0 bridgehead atoms. The Morgan fingerprint density at radius 3 is 2.67 bits per heavy atom. The number of nitrogens with zero attached hydrogens (tertiary/aromatic N) is 4. The van der Waals surface area contributed by atoms with E-state index in [1.54, 1.807) is 24.3 Å². The normalized spacial score (nSPS) is 10.8. The van der Waals surface area contributed by atoms with E-state index in [0.717, 1.165) is 5.56 Å². The topological polar surface area (TPSA) is 100 Å². The van der Waals surface area contributed by atoms with Gasteiger partial charge < -0.3 is 9.15 Å². The van der Waals surface area contributed by atoms with Gasteiger partial charge in [-0.25, -0.2) is 4.98 Å². The number of rotatable bonds is 5. The smallest absolute Gasteiger partial charge is 0.326 e. The summed E-state index contributed by atoms with van der Waals surface area (Å²) < 4.78 is 11.8. The molecule has 4 rings (SSSR count). The van der Waals surface area contributed by atoms with Crippen LogP contribution in [-0.2, 0) is 22.7 Å². The molecule has 0 atom stereocenters. The summed E-state index contributed by atoms with van der Waals surface area (Å²) in [5, 5.41) is 8.22. The van der Waals surface area contributed by atoms with E-state index >= 15 is 0 Å². The van der Waals surface area contributed by atoms with E-state index in [0.29, 0.717) is 16.8 Å². The average Bonchev–Trinajstić information content (AvgIpc) is 3.19. The third-order valence-electron chi connectivity index (χ3n) is 3.88. The first-order valence-corrected chi connectivity index (χ1v) is 8.18. The minimum absolute atomic E-state index is 0.172. The maximum Gasteiger partial charge on any atom is 0.326 e. The summed E-state index contributed by atoms with van der Waals surface area (Å²) in [5.74, 6) is -0.0866. The van der Waals surface area contributed by atoms with Gasteiger partial charge in [0.25, 0.3) is 11.4 Å². The predicted molar refractivity (Wildman–Crippen MR) is 95.5 cm³/mol. The van der Waals surface area contributed by atoms with Crippen LogP contribution < -0.4 is 5.56 Å². The first-order chi connectivity index (χ1) is 13.2. The number of fused-ring (bicyclic) bond motifs is 1. The van der Waals surface area contributed by atoms with Gasteiger partial charge in [-0.05, 0) is 24.3 Å². The Bertz CT molecular complexity index is 1150. The average molecular weight is 362 g/mol. The second kappa shape index (κ2) is 7.20. The fourth-order valence-electron chi connectivity index (χ4n) is 2.56. The molecule has 0 amide bonds. The lowest BCUT2D eigenvalue weighted by atomic mass is 10.2. The highest BCUT2D eigenvalue weighted by Gasteiger charge is 2.12. The zero-order chi connectivity index (χ0) is 18.6. The van der Waals surface area contributed by atoms with Crippen LogP contribution in [0.4, 0.5) is 0 Å². The summed E-state index contributed by atoms with van der Waals surface area (Å²) in [6, 6.07) is 16.2. The molecule has 0 saturated heterocycles. The van der Waals surface area contributed by atoms with Gasteiger partial charge in [0.05, 0.1) is 17.2 Å². The molecule has 0 unspecified atom stereocenters. The summed E-state index contributed by atoms with van der Waals surface area (Å²) in [6.45, 7) is -0.426. The van der Waals surface area contributed by atoms with Gasteiger partial charge in [0.2, 0.25) is 5.89 Å². The van der Waals surface area contributed by atoms with Crippen molar-refractivity contribution in [3.05, 3.63) is 77.2 Å². The van der Waals surface area contributed by atoms with Crippen molar-refractivity contribution < 1.29 is 13.9 Å². The maximum atomic E-state index is 12.4. The summed E-state index contributed by atoms with van der Waals surface area (Å²) >= 11 is 0. The van der Waals surface area contributed by atoms with Gasteiger partial charge in [0.15, 0.2) is 6.61 Å². The van der Waals surface area contributed by atoms with Crippen molar-refractivity contribution in [3.8, 4) is 11.5 Å². The van der Waals surface area contributed by atoms with Gasteiger partial charge >= 0.3 is 5.97 Å². The molecule has 0 fully saturated rings. The van der Waals surface area contributed by atoms with E-state index in [4.69, 9.17) is 9.15 Å². The molecule has 134 valence electrons. The largest absolute Gasteiger partial charge is 0.454 e. The molecule has 0 saturated carbocycles. The molecule has 2 aromatic heterocycles. The van der Waals surface area contributed by atoms with E-state index < -0.39 is 5.97 Å². The van der Waals surface area contributed by atoms with Crippen molar-refractivity contribution in [1.82, 2.24) is 19.7 Å². The summed E-state index contributed by atoms with van der Waals surface area (Å²) in [5.41, 5.74) is 1.05.